The standard InChI is InChI=1S/C12H16N4/c1-9-8-16(6-5-13-9)11-7-15-10-3-2-4-14-12(10)11/h2-4,7,9,13,15H,5-6,8H2,1H3. The van der Waals surface area contributed by atoms with Gasteiger partial charge in [0.15, 0.2) is 0 Å². The van der Waals surface area contributed by atoms with E-state index in [4.69, 9.17) is 0 Å². The van der Waals surface area contributed by atoms with Crippen LogP contribution in [0.15, 0.2) is 24.5 Å². The van der Waals surface area contributed by atoms with Crippen molar-refractivity contribution in [1.29, 1.82) is 0 Å². The van der Waals surface area contributed by atoms with E-state index in [0.29, 0.717) is 6.04 Å². The zero-order valence-electron chi connectivity index (χ0n) is 9.40. The van der Waals surface area contributed by atoms with Gasteiger partial charge >= 0.3 is 0 Å². The molecule has 0 saturated carbocycles. The van der Waals surface area contributed by atoms with E-state index in [9.17, 15) is 0 Å². The Morgan fingerprint density at radius 2 is 2.44 bits per heavy atom. The molecular weight excluding hydrogens is 200 g/mol. The zero-order valence-corrected chi connectivity index (χ0v) is 9.40. The number of fused-ring (bicyclic) bond motifs is 1. The van der Waals surface area contributed by atoms with Crippen LogP contribution in [0.2, 0.25) is 0 Å². The lowest BCUT2D eigenvalue weighted by atomic mass is 10.2. The highest BCUT2D eigenvalue weighted by Crippen LogP contribution is 2.25. The molecule has 1 saturated heterocycles. The lowest BCUT2D eigenvalue weighted by molar-refractivity contribution is 0.485. The Bertz CT molecular complexity index is 490. The molecular formula is C12H16N4. The van der Waals surface area contributed by atoms with Gasteiger partial charge in [-0.05, 0) is 19.1 Å². The number of aromatic nitrogens is 2. The molecule has 1 fully saturated rings. The van der Waals surface area contributed by atoms with Gasteiger partial charge in [0.2, 0.25) is 0 Å². The third-order valence-electron chi connectivity index (χ3n) is 3.12. The molecule has 16 heavy (non-hydrogen) atoms. The second-order valence-corrected chi connectivity index (χ2v) is 4.37. The summed E-state index contributed by atoms with van der Waals surface area (Å²) in [6.07, 6.45) is 3.92. The summed E-state index contributed by atoms with van der Waals surface area (Å²) < 4.78 is 0. The summed E-state index contributed by atoms with van der Waals surface area (Å²) in [7, 11) is 0. The fourth-order valence-electron chi connectivity index (χ4n) is 2.33. The summed E-state index contributed by atoms with van der Waals surface area (Å²) in [6, 6.07) is 4.57. The predicted octanol–water partition coefficient (Wildman–Crippen LogP) is 1.36. The van der Waals surface area contributed by atoms with E-state index < -0.39 is 0 Å². The molecule has 3 heterocycles. The molecule has 0 amide bonds. The third-order valence-corrected chi connectivity index (χ3v) is 3.12. The number of piperazine rings is 1. The van der Waals surface area contributed by atoms with Crippen LogP contribution in [-0.2, 0) is 0 Å². The van der Waals surface area contributed by atoms with Gasteiger partial charge in [0.1, 0.15) is 5.52 Å². The van der Waals surface area contributed by atoms with Crippen molar-refractivity contribution in [3.8, 4) is 0 Å². The first-order valence-electron chi connectivity index (χ1n) is 5.75. The summed E-state index contributed by atoms with van der Waals surface area (Å²) in [5, 5.41) is 3.45. The Hall–Kier alpha value is -1.55. The van der Waals surface area contributed by atoms with Crippen molar-refractivity contribution in [3.63, 3.8) is 0 Å². The minimum atomic E-state index is 0.544. The van der Waals surface area contributed by atoms with Crippen LogP contribution < -0.4 is 10.2 Å². The highest BCUT2D eigenvalue weighted by atomic mass is 15.2. The Labute approximate surface area is 94.7 Å². The molecule has 3 rings (SSSR count). The first kappa shape index (κ1) is 9.66. The van der Waals surface area contributed by atoms with E-state index in [-0.39, 0.29) is 0 Å². The molecule has 0 bridgehead atoms. The van der Waals surface area contributed by atoms with Crippen LogP contribution in [0, 0.1) is 0 Å². The van der Waals surface area contributed by atoms with Crippen molar-refractivity contribution in [2.75, 3.05) is 24.5 Å². The van der Waals surface area contributed by atoms with Crippen LogP contribution in [0.1, 0.15) is 6.92 Å². The van der Waals surface area contributed by atoms with Gasteiger partial charge in [0, 0.05) is 38.1 Å². The molecule has 2 aromatic heterocycles. The lowest BCUT2D eigenvalue weighted by Crippen LogP contribution is -2.49. The van der Waals surface area contributed by atoms with Crippen LogP contribution >= 0.6 is 0 Å². The predicted molar refractivity (Wildman–Crippen MR) is 65.8 cm³/mol. The molecule has 1 unspecified atom stereocenters. The topological polar surface area (TPSA) is 44.0 Å². The van der Waals surface area contributed by atoms with Gasteiger partial charge in [0.25, 0.3) is 0 Å². The lowest BCUT2D eigenvalue weighted by Gasteiger charge is -2.32. The molecule has 0 spiro atoms. The van der Waals surface area contributed by atoms with E-state index in [2.05, 4.69) is 39.4 Å². The van der Waals surface area contributed by atoms with Crippen LogP contribution in [0.25, 0.3) is 11.0 Å². The van der Waals surface area contributed by atoms with Gasteiger partial charge in [-0.3, -0.25) is 4.98 Å². The Balaban J connectivity index is 1.99. The Morgan fingerprint density at radius 3 is 3.31 bits per heavy atom. The number of nitrogens with zero attached hydrogens (tertiary/aromatic N) is 2. The average Bonchev–Trinajstić information content (AvgIpc) is 2.72. The second-order valence-electron chi connectivity index (χ2n) is 4.37. The van der Waals surface area contributed by atoms with Gasteiger partial charge in [-0.2, -0.15) is 0 Å². The van der Waals surface area contributed by atoms with Gasteiger partial charge < -0.3 is 15.2 Å². The normalized spacial score (nSPS) is 21.6. The monoisotopic (exact) mass is 216 g/mol. The summed E-state index contributed by atoms with van der Waals surface area (Å²) in [4.78, 5) is 10.1. The Kier molecular flexibility index (Phi) is 2.29. The van der Waals surface area contributed by atoms with Crippen molar-refractivity contribution in [2.45, 2.75) is 13.0 Å². The fourth-order valence-corrected chi connectivity index (χ4v) is 2.33. The molecule has 0 aromatic carbocycles. The number of anilines is 1. The molecule has 4 heteroatoms. The zero-order chi connectivity index (χ0) is 11.0. The number of hydrogen-bond donors (Lipinski definition) is 2. The van der Waals surface area contributed by atoms with Crippen molar-refractivity contribution in [2.24, 2.45) is 0 Å². The number of nitrogens with one attached hydrogen (secondary N) is 2. The number of hydrogen-bond acceptors (Lipinski definition) is 3. The number of pyridine rings is 1. The van der Waals surface area contributed by atoms with Crippen LogP contribution in [0.5, 0.6) is 0 Å². The number of aromatic amines is 1. The first-order valence-corrected chi connectivity index (χ1v) is 5.75. The SMILES string of the molecule is CC1CN(c2c[nH]c3cccnc23)CCN1. The molecule has 1 aliphatic rings. The summed E-state index contributed by atoms with van der Waals surface area (Å²) in [5.74, 6) is 0. The van der Waals surface area contributed by atoms with Crippen molar-refractivity contribution < 1.29 is 0 Å². The molecule has 1 atom stereocenters. The molecule has 2 N–H and O–H groups in total. The summed E-state index contributed by atoms with van der Waals surface area (Å²) in [6.45, 7) is 5.35. The first-order chi connectivity index (χ1) is 7.84. The molecule has 2 aromatic rings. The van der Waals surface area contributed by atoms with Crippen molar-refractivity contribution in [1.82, 2.24) is 15.3 Å². The third kappa shape index (κ3) is 1.55. The van der Waals surface area contributed by atoms with Gasteiger partial charge in [-0.25, -0.2) is 0 Å². The molecule has 1 aliphatic heterocycles. The van der Waals surface area contributed by atoms with Gasteiger partial charge in [-0.15, -0.1) is 0 Å². The maximum Gasteiger partial charge on any atom is 0.111 e. The summed E-state index contributed by atoms with van der Waals surface area (Å²) >= 11 is 0. The molecule has 4 nitrogen and oxygen atoms in total. The van der Waals surface area contributed by atoms with Gasteiger partial charge in [0.05, 0.1) is 11.2 Å². The molecule has 0 radical (unpaired) electrons. The van der Waals surface area contributed by atoms with Crippen molar-refractivity contribution >= 4 is 16.7 Å². The maximum absolute atomic E-state index is 4.45. The Morgan fingerprint density at radius 1 is 1.50 bits per heavy atom. The molecule has 84 valence electrons. The van der Waals surface area contributed by atoms with Crippen LogP contribution in [-0.4, -0.2) is 35.6 Å². The quantitative estimate of drug-likeness (QED) is 0.756. The van der Waals surface area contributed by atoms with Gasteiger partial charge in [-0.1, -0.05) is 0 Å². The average molecular weight is 216 g/mol. The fraction of sp³-hybridized carbons (Fsp3) is 0.417. The largest absolute Gasteiger partial charge is 0.366 e. The van der Waals surface area contributed by atoms with E-state index in [1.165, 1.54) is 5.69 Å². The van der Waals surface area contributed by atoms with E-state index in [0.717, 1.165) is 30.7 Å². The van der Waals surface area contributed by atoms with Crippen LogP contribution in [0.4, 0.5) is 5.69 Å². The van der Waals surface area contributed by atoms with Crippen molar-refractivity contribution in [3.05, 3.63) is 24.5 Å². The van der Waals surface area contributed by atoms with E-state index >= 15 is 0 Å². The number of H-pyrrole nitrogens is 1. The second kappa shape index (κ2) is 3.79. The minimum Gasteiger partial charge on any atom is -0.366 e. The smallest absolute Gasteiger partial charge is 0.111 e. The van der Waals surface area contributed by atoms with E-state index in [1.54, 1.807) is 0 Å². The minimum absolute atomic E-state index is 0.544. The van der Waals surface area contributed by atoms with Crippen LogP contribution in [0.3, 0.4) is 0 Å². The van der Waals surface area contributed by atoms with E-state index in [1.807, 2.05) is 12.3 Å². The highest BCUT2D eigenvalue weighted by Gasteiger charge is 2.18. The summed E-state index contributed by atoms with van der Waals surface area (Å²) in [5.41, 5.74) is 3.42. The molecule has 0 aliphatic carbocycles. The number of rotatable bonds is 1. The maximum atomic E-state index is 4.45. The highest BCUT2D eigenvalue weighted by molar-refractivity contribution is 5.89.